The van der Waals surface area contributed by atoms with E-state index < -0.39 is 10.8 Å². The van der Waals surface area contributed by atoms with Crippen LogP contribution < -0.4 is 5.43 Å². The van der Waals surface area contributed by atoms with Crippen LogP contribution in [0.25, 0.3) is 0 Å². The fourth-order valence-corrected chi connectivity index (χ4v) is 0.514. The summed E-state index contributed by atoms with van der Waals surface area (Å²) >= 11 is 5.27. The van der Waals surface area contributed by atoms with E-state index in [1.807, 2.05) is 0 Å². The van der Waals surface area contributed by atoms with Crippen molar-refractivity contribution in [3.05, 3.63) is 21.3 Å². The van der Waals surface area contributed by atoms with Gasteiger partial charge in [0.1, 0.15) is 6.20 Å². The molecule has 6 heteroatoms. The van der Waals surface area contributed by atoms with Gasteiger partial charge in [-0.1, -0.05) is 11.6 Å². The third kappa shape index (κ3) is 0.996. The van der Waals surface area contributed by atoms with E-state index in [2.05, 4.69) is 10.5 Å². The van der Waals surface area contributed by atoms with Crippen LogP contribution in [0.15, 0.2) is 16.3 Å². The number of halogens is 1. The molecule has 0 amide bonds. The largest absolute Gasteiger partial charge is 0.411 e. The van der Waals surface area contributed by atoms with Crippen LogP contribution in [0.2, 0.25) is 0 Å². The van der Waals surface area contributed by atoms with Gasteiger partial charge in [-0.15, -0.1) is 0 Å². The molecule has 0 fully saturated rings. The van der Waals surface area contributed by atoms with E-state index in [0.717, 1.165) is 6.20 Å². The highest BCUT2D eigenvalue weighted by atomic mass is 35.5. The maximum absolute atomic E-state index is 9.90. The summed E-state index contributed by atoms with van der Waals surface area (Å²) in [5.41, 5.74) is 3.22. The number of hydrogen-bond donors (Lipinski definition) is 0. The van der Waals surface area contributed by atoms with Crippen molar-refractivity contribution in [2.75, 3.05) is 0 Å². The highest BCUT2D eigenvalue weighted by molar-refractivity contribution is 6.42. The lowest BCUT2D eigenvalue weighted by atomic mass is 10.6. The number of nitrogens with zero attached hydrogens (tertiary/aromatic N) is 3. The lowest BCUT2D eigenvalue weighted by Crippen LogP contribution is -2.09. The van der Waals surface area contributed by atoms with E-state index in [1.54, 1.807) is 0 Å². The number of nitro groups is 1. The molecule has 47 valence electrons. The molecule has 1 aliphatic rings. The van der Waals surface area contributed by atoms with Crippen LogP contribution in [-0.2, 0) is 0 Å². The Kier molecular flexibility index (Phi) is 1.35. The molecule has 0 aromatic rings. The molecule has 0 spiro atoms. The zero-order valence-corrected chi connectivity index (χ0v) is 4.87. The van der Waals surface area contributed by atoms with Crippen molar-refractivity contribution < 1.29 is 4.92 Å². The van der Waals surface area contributed by atoms with Crippen LogP contribution in [0.3, 0.4) is 0 Å². The lowest BCUT2D eigenvalue weighted by molar-refractivity contribution is -0.348. The normalized spacial score (nSPS) is 16.1. The molecule has 1 heterocycles. The van der Waals surface area contributed by atoms with Gasteiger partial charge in [-0.2, -0.15) is 0 Å². The van der Waals surface area contributed by atoms with Crippen molar-refractivity contribution in [1.82, 2.24) is 5.43 Å². The van der Waals surface area contributed by atoms with Crippen molar-refractivity contribution in [1.29, 1.82) is 0 Å². The second-order valence-electron chi connectivity index (χ2n) is 1.27. The average Bonchev–Trinajstić information content (AvgIpc) is 2.13. The van der Waals surface area contributed by atoms with Gasteiger partial charge < -0.3 is 10.1 Å². The summed E-state index contributed by atoms with van der Waals surface area (Å²) in [5, 5.41) is 13.0. The Labute approximate surface area is 55.1 Å². The van der Waals surface area contributed by atoms with E-state index in [-0.39, 0.29) is 5.03 Å². The first-order valence-electron chi connectivity index (χ1n) is 2.00. The van der Waals surface area contributed by atoms with E-state index in [1.165, 1.54) is 0 Å². The minimum atomic E-state index is -0.685. The van der Waals surface area contributed by atoms with Crippen molar-refractivity contribution >= 4 is 17.4 Å². The Morgan fingerprint density at radius 1 is 1.78 bits per heavy atom. The molecule has 0 unspecified atom stereocenters. The van der Waals surface area contributed by atoms with E-state index in [0.29, 0.717) is 0 Å². The minimum absolute atomic E-state index is 0.0278. The molecule has 0 saturated carbocycles. The van der Waals surface area contributed by atoms with Gasteiger partial charge >= 0.3 is 5.84 Å². The number of rotatable bonds is 0. The van der Waals surface area contributed by atoms with Crippen molar-refractivity contribution in [3.63, 3.8) is 0 Å². The standard InChI is InChI=1S/C3HClN3O2/c4-2-1-5-6-3(2)7(8)9/h1H. The zero-order valence-electron chi connectivity index (χ0n) is 4.11. The van der Waals surface area contributed by atoms with Crippen LogP contribution in [0.4, 0.5) is 0 Å². The smallest absolute Gasteiger partial charge is 0.358 e. The topological polar surface area (TPSA) is 69.6 Å². The SMILES string of the molecule is O=[N+]([O-])C1=N[N]C=C1Cl. The Morgan fingerprint density at radius 2 is 2.44 bits per heavy atom. The molecule has 5 nitrogen and oxygen atoms in total. The second-order valence-corrected chi connectivity index (χ2v) is 1.68. The van der Waals surface area contributed by atoms with Gasteiger partial charge in [-0.25, -0.2) is 0 Å². The molecule has 0 aromatic heterocycles. The zero-order chi connectivity index (χ0) is 6.85. The molecule has 9 heavy (non-hydrogen) atoms. The third-order valence-electron chi connectivity index (χ3n) is 0.710. The highest BCUT2D eigenvalue weighted by Gasteiger charge is 2.23. The van der Waals surface area contributed by atoms with Crippen LogP contribution in [0.5, 0.6) is 0 Å². The Balaban J connectivity index is 2.84. The maximum atomic E-state index is 9.90. The molecule has 1 radical (unpaired) electrons. The molecule has 1 aliphatic heterocycles. The fraction of sp³-hybridized carbons (Fsp3) is 0. The molecular formula is C3HClN3O2. The summed E-state index contributed by atoms with van der Waals surface area (Å²) in [4.78, 5) is 9.22. The maximum Gasteiger partial charge on any atom is 0.411 e. The predicted molar refractivity (Wildman–Crippen MR) is 30.5 cm³/mol. The Morgan fingerprint density at radius 3 is 2.67 bits per heavy atom. The van der Waals surface area contributed by atoms with Crippen LogP contribution in [-0.4, -0.2) is 10.8 Å². The summed E-state index contributed by atoms with van der Waals surface area (Å²) in [7, 11) is 0. The summed E-state index contributed by atoms with van der Waals surface area (Å²) < 4.78 is 0. The number of amidine groups is 1. The fourth-order valence-electron chi connectivity index (χ4n) is 0.363. The molecular weight excluding hydrogens is 146 g/mol. The number of hydrogen-bond acceptors (Lipinski definition) is 3. The van der Waals surface area contributed by atoms with Crippen molar-refractivity contribution in [2.45, 2.75) is 0 Å². The Bertz CT molecular complexity index is 209. The molecule has 0 bridgehead atoms. The first kappa shape index (κ1) is 6.03. The third-order valence-corrected chi connectivity index (χ3v) is 0.977. The summed E-state index contributed by atoms with van der Waals surface area (Å²) in [6, 6.07) is 0. The van der Waals surface area contributed by atoms with E-state index in [9.17, 15) is 10.1 Å². The molecule has 0 atom stereocenters. The van der Waals surface area contributed by atoms with Gasteiger partial charge in [0.05, 0.1) is 5.10 Å². The van der Waals surface area contributed by atoms with Gasteiger partial charge in [0.25, 0.3) is 0 Å². The summed E-state index contributed by atoms with van der Waals surface area (Å²) in [6.07, 6.45) is 1.12. The van der Waals surface area contributed by atoms with Gasteiger partial charge in [-0.05, 0) is 10.3 Å². The van der Waals surface area contributed by atoms with Crippen molar-refractivity contribution in [3.8, 4) is 0 Å². The molecule has 1 rings (SSSR count). The highest BCUT2D eigenvalue weighted by Crippen LogP contribution is 2.08. The van der Waals surface area contributed by atoms with Crippen molar-refractivity contribution in [2.24, 2.45) is 5.10 Å². The van der Waals surface area contributed by atoms with Crippen LogP contribution in [0.1, 0.15) is 0 Å². The van der Waals surface area contributed by atoms with E-state index >= 15 is 0 Å². The van der Waals surface area contributed by atoms with Crippen LogP contribution >= 0.6 is 11.6 Å². The molecule has 0 saturated heterocycles. The van der Waals surface area contributed by atoms with E-state index in [4.69, 9.17) is 11.6 Å². The summed E-state index contributed by atoms with van der Waals surface area (Å²) in [6.45, 7) is 0. The first-order valence-corrected chi connectivity index (χ1v) is 2.38. The minimum Gasteiger partial charge on any atom is -0.358 e. The quantitative estimate of drug-likeness (QED) is 0.364. The van der Waals surface area contributed by atoms with Gasteiger partial charge in [0.15, 0.2) is 5.03 Å². The molecule has 0 aliphatic carbocycles. The average molecular weight is 147 g/mol. The predicted octanol–water partition coefficient (Wildman–Crippen LogP) is 0.275. The van der Waals surface area contributed by atoms with Gasteiger partial charge in [-0.3, -0.25) is 0 Å². The molecule has 0 aromatic carbocycles. The second kappa shape index (κ2) is 2.02. The van der Waals surface area contributed by atoms with Gasteiger partial charge in [0.2, 0.25) is 0 Å². The van der Waals surface area contributed by atoms with Crippen LogP contribution in [0, 0.1) is 10.1 Å². The lowest BCUT2D eigenvalue weighted by Gasteiger charge is -1.86. The monoisotopic (exact) mass is 146 g/mol. The molecule has 0 N–H and O–H groups in total. The first-order chi connectivity index (χ1) is 4.22. The Hall–Kier alpha value is -1.10. The van der Waals surface area contributed by atoms with Gasteiger partial charge in [0, 0.05) is 0 Å². The summed E-state index contributed by atoms with van der Waals surface area (Å²) in [5.74, 6) is -0.392.